The smallest absolute Gasteiger partial charge is 0.338 e. The number of nitro groups is 1. The summed E-state index contributed by atoms with van der Waals surface area (Å²) in [5.41, 5.74) is 1.35. The molecule has 0 aliphatic carbocycles. The van der Waals surface area contributed by atoms with Crippen LogP contribution in [0.1, 0.15) is 29.3 Å². The van der Waals surface area contributed by atoms with Crippen LogP contribution in [0.4, 0.5) is 11.4 Å². The van der Waals surface area contributed by atoms with Crippen LogP contribution in [0.25, 0.3) is 0 Å². The standard InChI is InChI=1S/C19H20N2O6/c1-3-10-26-19(23)14-4-6-15(7-5-14)20-18(22)12-27-16-8-9-17(21(24)25)13(2)11-16/h4-9,11H,3,10,12H2,1-2H3,(H,20,22). The van der Waals surface area contributed by atoms with Gasteiger partial charge in [0.2, 0.25) is 0 Å². The van der Waals surface area contributed by atoms with Crippen molar-refractivity contribution in [1.82, 2.24) is 0 Å². The van der Waals surface area contributed by atoms with Crippen LogP contribution in [0.3, 0.4) is 0 Å². The van der Waals surface area contributed by atoms with E-state index in [1.807, 2.05) is 6.92 Å². The fraction of sp³-hybridized carbons (Fsp3) is 0.263. The molecule has 27 heavy (non-hydrogen) atoms. The molecular formula is C19H20N2O6. The Kier molecular flexibility index (Phi) is 6.87. The number of esters is 1. The van der Waals surface area contributed by atoms with E-state index < -0.39 is 16.8 Å². The third kappa shape index (κ3) is 5.81. The van der Waals surface area contributed by atoms with Gasteiger partial charge in [0.15, 0.2) is 6.61 Å². The Balaban J connectivity index is 1.87. The Morgan fingerprint density at radius 3 is 2.44 bits per heavy atom. The number of aryl methyl sites for hydroxylation is 1. The van der Waals surface area contributed by atoms with Crippen molar-refractivity contribution in [3.8, 4) is 5.75 Å². The third-order valence-corrected chi connectivity index (χ3v) is 3.58. The molecule has 0 saturated carbocycles. The summed E-state index contributed by atoms with van der Waals surface area (Å²) in [6.45, 7) is 3.61. The summed E-state index contributed by atoms with van der Waals surface area (Å²) < 4.78 is 10.4. The second-order valence-corrected chi connectivity index (χ2v) is 5.76. The Morgan fingerprint density at radius 1 is 1.15 bits per heavy atom. The van der Waals surface area contributed by atoms with Gasteiger partial charge >= 0.3 is 5.97 Å². The van der Waals surface area contributed by atoms with Crippen molar-refractivity contribution in [3.63, 3.8) is 0 Å². The number of nitrogens with one attached hydrogen (secondary N) is 1. The van der Waals surface area contributed by atoms with Crippen LogP contribution in [-0.4, -0.2) is 30.0 Å². The SMILES string of the molecule is CCCOC(=O)c1ccc(NC(=O)COc2ccc([N+](=O)[O-])c(C)c2)cc1. The second kappa shape index (κ2) is 9.33. The number of rotatable bonds is 8. The normalized spacial score (nSPS) is 10.1. The molecule has 0 atom stereocenters. The highest BCUT2D eigenvalue weighted by Gasteiger charge is 2.12. The van der Waals surface area contributed by atoms with Crippen molar-refractivity contribution in [2.45, 2.75) is 20.3 Å². The maximum absolute atomic E-state index is 12.0. The number of hydrogen-bond donors (Lipinski definition) is 1. The number of hydrogen-bond acceptors (Lipinski definition) is 6. The average Bonchev–Trinajstić information content (AvgIpc) is 2.64. The lowest BCUT2D eigenvalue weighted by molar-refractivity contribution is -0.385. The number of nitro benzene ring substituents is 1. The minimum Gasteiger partial charge on any atom is -0.484 e. The molecule has 1 N–H and O–H groups in total. The molecule has 2 rings (SSSR count). The van der Waals surface area contributed by atoms with Crippen molar-refractivity contribution in [2.75, 3.05) is 18.5 Å². The minimum atomic E-state index is -0.479. The lowest BCUT2D eigenvalue weighted by Gasteiger charge is -2.09. The van der Waals surface area contributed by atoms with Gasteiger partial charge in [-0.15, -0.1) is 0 Å². The summed E-state index contributed by atoms with van der Waals surface area (Å²) in [6.07, 6.45) is 0.744. The van der Waals surface area contributed by atoms with E-state index in [0.717, 1.165) is 6.42 Å². The maximum Gasteiger partial charge on any atom is 0.338 e. The first kappa shape index (κ1) is 19.9. The topological polar surface area (TPSA) is 108 Å². The first-order chi connectivity index (χ1) is 12.9. The monoisotopic (exact) mass is 372 g/mol. The Hall–Kier alpha value is -3.42. The van der Waals surface area contributed by atoms with Gasteiger partial charge < -0.3 is 14.8 Å². The fourth-order valence-corrected chi connectivity index (χ4v) is 2.24. The van der Waals surface area contributed by atoms with Crippen LogP contribution in [0.5, 0.6) is 5.75 Å². The number of nitrogens with zero attached hydrogens (tertiary/aromatic N) is 1. The number of carbonyl (C=O) groups is 2. The second-order valence-electron chi connectivity index (χ2n) is 5.76. The number of amides is 1. The van der Waals surface area contributed by atoms with Gasteiger partial charge in [0.05, 0.1) is 17.1 Å². The van der Waals surface area contributed by atoms with Gasteiger partial charge in [0.25, 0.3) is 11.6 Å². The van der Waals surface area contributed by atoms with Crippen molar-refractivity contribution in [1.29, 1.82) is 0 Å². The summed E-state index contributed by atoms with van der Waals surface area (Å²) in [5, 5.41) is 13.4. The van der Waals surface area contributed by atoms with Gasteiger partial charge in [-0.3, -0.25) is 14.9 Å². The molecule has 2 aromatic carbocycles. The molecule has 2 aromatic rings. The molecular weight excluding hydrogens is 352 g/mol. The third-order valence-electron chi connectivity index (χ3n) is 3.58. The number of ether oxygens (including phenoxy) is 2. The molecule has 0 heterocycles. The van der Waals surface area contributed by atoms with Gasteiger partial charge in [-0.1, -0.05) is 6.92 Å². The van der Waals surface area contributed by atoms with Gasteiger partial charge in [-0.2, -0.15) is 0 Å². The van der Waals surface area contributed by atoms with E-state index in [-0.39, 0.29) is 12.3 Å². The van der Waals surface area contributed by atoms with Crippen molar-refractivity contribution in [3.05, 3.63) is 63.7 Å². The molecule has 1 amide bonds. The molecule has 8 nitrogen and oxygen atoms in total. The highest BCUT2D eigenvalue weighted by molar-refractivity contribution is 5.93. The summed E-state index contributed by atoms with van der Waals surface area (Å²) in [5.74, 6) is -0.443. The Labute approximate surface area is 156 Å². The molecule has 0 aliphatic heterocycles. The minimum absolute atomic E-state index is 0.00986. The molecule has 0 radical (unpaired) electrons. The van der Waals surface area contributed by atoms with E-state index in [2.05, 4.69) is 5.32 Å². The summed E-state index contributed by atoms with van der Waals surface area (Å²) >= 11 is 0. The van der Waals surface area contributed by atoms with Crippen LogP contribution in [-0.2, 0) is 9.53 Å². The van der Waals surface area contributed by atoms with E-state index in [1.54, 1.807) is 31.2 Å². The predicted octanol–water partition coefficient (Wildman–Crippen LogP) is 3.49. The Morgan fingerprint density at radius 2 is 1.85 bits per heavy atom. The number of anilines is 1. The van der Waals surface area contributed by atoms with Crippen LogP contribution in [0.2, 0.25) is 0 Å². The van der Waals surface area contributed by atoms with Gasteiger partial charge in [0, 0.05) is 17.3 Å². The molecule has 0 bridgehead atoms. The number of carbonyl (C=O) groups excluding carboxylic acids is 2. The van der Waals surface area contributed by atoms with E-state index >= 15 is 0 Å². The summed E-state index contributed by atoms with van der Waals surface area (Å²) in [6, 6.07) is 10.6. The van der Waals surface area contributed by atoms with Gasteiger partial charge in [-0.05, 0) is 49.7 Å². The van der Waals surface area contributed by atoms with Crippen LogP contribution in [0.15, 0.2) is 42.5 Å². The highest BCUT2D eigenvalue weighted by atomic mass is 16.6. The van der Waals surface area contributed by atoms with Crippen molar-refractivity contribution < 1.29 is 24.0 Å². The van der Waals surface area contributed by atoms with Crippen LogP contribution >= 0.6 is 0 Å². The zero-order valence-electron chi connectivity index (χ0n) is 15.1. The van der Waals surface area contributed by atoms with E-state index in [9.17, 15) is 19.7 Å². The summed E-state index contributed by atoms with van der Waals surface area (Å²) in [4.78, 5) is 34.0. The molecule has 0 aromatic heterocycles. The van der Waals surface area contributed by atoms with Crippen LogP contribution < -0.4 is 10.1 Å². The van der Waals surface area contributed by atoms with E-state index in [4.69, 9.17) is 9.47 Å². The summed E-state index contributed by atoms with van der Waals surface area (Å²) in [7, 11) is 0. The quantitative estimate of drug-likeness (QED) is 0.432. The van der Waals surface area contributed by atoms with E-state index in [0.29, 0.717) is 29.2 Å². The van der Waals surface area contributed by atoms with E-state index in [1.165, 1.54) is 18.2 Å². The van der Waals surface area contributed by atoms with Gasteiger partial charge in [0.1, 0.15) is 5.75 Å². The maximum atomic E-state index is 12.0. The zero-order chi connectivity index (χ0) is 19.8. The van der Waals surface area contributed by atoms with Crippen molar-refractivity contribution >= 4 is 23.3 Å². The molecule has 0 fully saturated rings. The molecule has 142 valence electrons. The number of benzene rings is 2. The van der Waals surface area contributed by atoms with Crippen molar-refractivity contribution in [2.24, 2.45) is 0 Å². The predicted molar refractivity (Wildman–Crippen MR) is 99.0 cm³/mol. The Bertz CT molecular complexity index is 833. The first-order valence-electron chi connectivity index (χ1n) is 8.35. The van der Waals surface area contributed by atoms with Crippen LogP contribution in [0, 0.1) is 17.0 Å². The molecule has 0 unspecified atom stereocenters. The molecule has 8 heteroatoms. The lowest BCUT2D eigenvalue weighted by Crippen LogP contribution is -2.20. The molecule has 0 spiro atoms. The molecule has 0 aliphatic rings. The molecule has 0 saturated heterocycles. The lowest BCUT2D eigenvalue weighted by atomic mass is 10.2. The highest BCUT2D eigenvalue weighted by Crippen LogP contribution is 2.23. The average molecular weight is 372 g/mol. The zero-order valence-corrected chi connectivity index (χ0v) is 15.1. The first-order valence-corrected chi connectivity index (χ1v) is 8.35. The van der Waals surface area contributed by atoms with Gasteiger partial charge in [-0.25, -0.2) is 4.79 Å². The largest absolute Gasteiger partial charge is 0.484 e. The fourth-order valence-electron chi connectivity index (χ4n) is 2.24.